The van der Waals surface area contributed by atoms with Crippen LogP contribution in [0.5, 0.6) is 0 Å². The van der Waals surface area contributed by atoms with Gasteiger partial charge in [0.15, 0.2) is 15.5 Å². The van der Waals surface area contributed by atoms with E-state index in [2.05, 4.69) is 4.99 Å². The van der Waals surface area contributed by atoms with Crippen LogP contribution in [0.3, 0.4) is 0 Å². The second kappa shape index (κ2) is 9.22. The first kappa shape index (κ1) is 28.3. The van der Waals surface area contributed by atoms with Crippen LogP contribution in [0.25, 0.3) is 0 Å². The van der Waals surface area contributed by atoms with Gasteiger partial charge in [-0.15, -0.1) is 0 Å². The fourth-order valence-corrected chi connectivity index (χ4v) is 5.46. The van der Waals surface area contributed by atoms with Crippen LogP contribution in [0.1, 0.15) is 28.7 Å². The molecule has 0 aliphatic carbocycles. The molecule has 0 saturated carbocycles. The van der Waals surface area contributed by atoms with Crippen LogP contribution >= 0.6 is 11.6 Å². The van der Waals surface area contributed by atoms with E-state index in [9.17, 15) is 39.6 Å². The van der Waals surface area contributed by atoms with Crippen molar-refractivity contribution in [3.8, 4) is 0 Å². The van der Waals surface area contributed by atoms with Crippen LogP contribution in [0.15, 0.2) is 47.5 Å². The molecule has 1 unspecified atom stereocenters. The van der Waals surface area contributed by atoms with Gasteiger partial charge in [0.1, 0.15) is 11.2 Å². The highest BCUT2D eigenvalue weighted by Crippen LogP contribution is 2.49. The Balaban J connectivity index is 1.55. The number of hydrogen-bond donors (Lipinski definition) is 0. The molecular weight excluding hydrogens is 565 g/mol. The van der Waals surface area contributed by atoms with Crippen molar-refractivity contribution in [2.45, 2.75) is 29.9 Å². The third-order valence-electron chi connectivity index (χ3n) is 6.69. The lowest BCUT2D eigenvalue weighted by molar-refractivity contribution is -0.184. The lowest BCUT2D eigenvalue weighted by atomic mass is 9.76. The molecule has 1 fully saturated rings. The van der Waals surface area contributed by atoms with Gasteiger partial charge in [-0.05, 0) is 34.9 Å². The van der Waals surface area contributed by atoms with E-state index in [-0.39, 0.29) is 29.9 Å². The number of sulfone groups is 1. The Morgan fingerprint density at radius 3 is 2.16 bits per heavy atom. The maximum atomic E-state index is 15.2. The monoisotopic (exact) mass is 584 g/mol. The van der Waals surface area contributed by atoms with Gasteiger partial charge in [-0.2, -0.15) is 26.3 Å². The average molecular weight is 585 g/mol. The van der Waals surface area contributed by atoms with E-state index in [0.29, 0.717) is 12.1 Å². The topological polar surface area (TPSA) is 66.8 Å². The maximum absolute atomic E-state index is 15.2. The molecule has 2 aliphatic heterocycles. The van der Waals surface area contributed by atoms with Gasteiger partial charge >= 0.3 is 12.4 Å². The molecule has 2 aromatic rings. The van der Waals surface area contributed by atoms with E-state index in [1.165, 1.54) is 24.3 Å². The number of likely N-dealkylation sites (tertiary alicyclic amines) is 1. The Morgan fingerprint density at radius 2 is 1.63 bits per heavy atom. The van der Waals surface area contributed by atoms with Gasteiger partial charge in [0.25, 0.3) is 0 Å². The normalized spacial score (nSPS) is 21.7. The number of benzene rings is 2. The highest BCUT2D eigenvalue weighted by atomic mass is 35.5. The first-order chi connectivity index (χ1) is 17.3. The molecule has 2 aliphatic rings. The van der Waals surface area contributed by atoms with Gasteiger partial charge in [-0.1, -0.05) is 35.9 Å². The molecular formula is C24H20ClF7N2O3S. The summed E-state index contributed by atoms with van der Waals surface area (Å²) in [5, 5.41) is -0.492. The van der Waals surface area contributed by atoms with Crippen LogP contribution < -0.4 is 0 Å². The Bertz CT molecular complexity index is 1400. The molecule has 14 heteroatoms. The maximum Gasteiger partial charge on any atom is 0.416 e. The summed E-state index contributed by atoms with van der Waals surface area (Å²) in [6.45, 7) is -1.61. The fourth-order valence-electron chi connectivity index (χ4n) is 4.59. The van der Waals surface area contributed by atoms with Gasteiger partial charge in [0.05, 0.1) is 25.2 Å². The number of carbonyl (C=O) groups is 1. The summed E-state index contributed by atoms with van der Waals surface area (Å²) < 4.78 is 121. The SMILES string of the molecule is CS(=O)(=O)CC(=O)N1CC(F)(c2ccc(C3=NCC(c4cc(Cl)cc(C(F)(F)F)c4)(C(F)(F)F)C3)cc2)C1. The van der Waals surface area contributed by atoms with Crippen molar-refractivity contribution in [2.24, 2.45) is 4.99 Å². The molecule has 2 aromatic carbocycles. The fraction of sp³-hybridized carbons (Fsp3) is 0.417. The van der Waals surface area contributed by atoms with Crippen molar-refractivity contribution in [1.29, 1.82) is 0 Å². The molecule has 2 heterocycles. The van der Waals surface area contributed by atoms with E-state index in [1.807, 2.05) is 0 Å². The second-order valence-electron chi connectivity index (χ2n) is 9.61. The Morgan fingerprint density at radius 1 is 1.03 bits per heavy atom. The first-order valence-electron chi connectivity index (χ1n) is 11.1. The van der Waals surface area contributed by atoms with Crippen molar-refractivity contribution in [3.63, 3.8) is 0 Å². The third-order valence-corrected chi connectivity index (χ3v) is 7.68. The zero-order valence-corrected chi connectivity index (χ0v) is 21.2. The Hall–Kier alpha value is -2.67. The summed E-state index contributed by atoms with van der Waals surface area (Å²) in [4.78, 5) is 17.0. The van der Waals surface area contributed by atoms with E-state index in [4.69, 9.17) is 11.6 Å². The molecule has 1 saturated heterocycles. The summed E-state index contributed by atoms with van der Waals surface area (Å²) in [7, 11) is -3.58. The predicted octanol–water partition coefficient (Wildman–Crippen LogP) is 5.10. The van der Waals surface area contributed by atoms with E-state index in [0.717, 1.165) is 17.2 Å². The molecule has 0 radical (unpaired) electrons. The second-order valence-corrected chi connectivity index (χ2v) is 12.2. The number of hydrogen-bond acceptors (Lipinski definition) is 4. The van der Waals surface area contributed by atoms with Crippen molar-refractivity contribution < 1.29 is 43.9 Å². The summed E-state index contributed by atoms with van der Waals surface area (Å²) in [5.74, 6) is -1.49. The van der Waals surface area contributed by atoms with Gasteiger partial charge in [0.2, 0.25) is 5.91 Å². The zero-order chi connectivity index (χ0) is 28.3. The number of halogens is 8. The summed E-state index contributed by atoms with van der Waals surface area (Å²) in [6, 6.07) is 7.18. The van der Waals surface area contributed by atoms with Gasteiger partial charge in [0, 0.05) is 23.4 Å². The van der Waals surface area contributed by atoms with Crippen molar-refractivity contribution >= 4 is 33.1 Å². The quantitative estimate of drug-likeness (QED) is 0.459. The smallest absolute Gasteiger partial charge is 0.335 e. The number of aliphatic imine (C=N–C) groups is 1. The van der Waals surface area contributed by atoms with Crippen LogP contribution in [0.2, 0.25) is 5.02 Å². The molecule has 206 valence electrons. The minimum atomic E-state index is -4.96. The standard InChI is InChI=1S/C24H20ClF7N2O3S/c1-38(36,37)10-20(35)34-12-22(26,13-34)15-4-2-14(3-5-15)19-9-21(11-33-19,24(30,31)32)16-6-17(23(27,28)29)8-18(25)7-16/h2-8H,9-13H2,1H3. The van der Waals surface area contributed by atoms with Crippen LogP contribution in [0.4, 0.5) is 30.7 Å². The average Bonchev–Trinajstić information content (AvgIpc) is 3.22. The van der Waals surface area contributed by atoms with Crippen molar-refractivity contribution in [2.75, 3.05) is 31.6 Å². The third kappa shape index (κ3) is 5.40. The van der Waals surface area contributed by atoms with Crippen LogP contribution in [0, 0.1) is 0 Å². The molecule has 1 atom stereocenters. The largest absolute Gasteiger partial charge is 0.416 e. The predicted molar refractivity (Wildman–Crippen MR) is 126 cm³/mol. The highest BCUT2D eigenvalue weighted by molar-refractivity contribution is 7.91. The van der Waals surface area contributed by atoms with Gasteiger partial charge in [-0.3, -0.25) is 9.79 Å². The molecule has 0 N–H and O–H groups in total. The summed E-state index contributed by atoms with van der Waals surface area (Å²) >= 11 is 5.75. The van der Waals surface area contributed by atoms with E-state index in [1.54, 1.807) is 0 Å². The Labute approximate surface area is 218 Å². The molecule has 38 heavy (non-hydrogen) atoms. The minimum Gasteiger partial charge on any atom is -0.335 e. The lowest BCUT2D eigenvalue weighted by Crippen LogP contribution is -2.59. The molecule has 0 spiro atoms. The lowest BCUT2D eigenvalue weighted by Gasteiger charge is -2.44. The van der Waals surface area contributed by atoms with Crippen molar-refractivity contribution in [1.82, 2.24) is 4.90 Å². The van der Waals surface area contributed by atoms with Gasteiger partial charge < -0.3 is 4.90 Å². The number of rotatable bonds is 5. The summed E-state index contributed by atoms with van der Waals surface area (Å²) in [5.41, 5.74) is -6.32. The number of nitrogens with zero attached hydrogens (tertiary/aromatic N) is 2. The number of amides is 1. The molecule has 0 bridgehead atoms. The van der Waals surface area contributed by atoms with Gasteiger partial charge in [-0.25, -0.2) is 12.8 Å². The zero-order valence-electron chi connectivity index (χ0n) is 19.6. The highest BCUT2D eigenvalue weighted by Gasteiger charge is 2.59. The molecule has 0 aromatic heterocycles. The molecule has 1 amide bonds. The van der Waals surface area contributed by atoms with Crippen molar-refractivity contribution in [3.05, 3.63) is 69.7 Å². The van der Waals surface area contributed by atoms with E-state index < -0.39 is 74.0 Å². The van der Waals surface area contributed by atoms with E-state index >= 15 is 4.39 Å². The molecule has 5 nitrogen and oxygen atoms in total. The number of alkyl halides is 7. The van der Waals surface area contributed by atoms with Crippen LogP contribution in [-0.4, -0.2) is 62.8 Å². The van der Waals surface area contributed by atoms with Crippen LogP contribution in [-0.2, 0) is 31.9 Å². The number of carbonyl (C=O) groups excluding carboxylic acids is 1. The first-order valence-corrected chi connectivity index (χ1v) is 13.5. The summed E-state index contributed by atoms with van der Waals surface area (Å²) in [6.07, 6.45) is -9.73. The Kier molecular flexibility index (Phi) is 6.87. The minimum absolute atomic E-state index is 0.0196. The molecule has 4 rings (SSSR count).